The summed E-state index contributed by atoms with van der Waals surface area (Å²) in [5.74, 6) is 0. The molecule has 0 aliphatic carbocycles. The zero-order valence-electron chi connectivity index (χ0n) is 17.2. The van der Waals surface area contributed by atoms with Gasteiger partial charge in [-0.15, -0.1) is 0 Å². The van der Waals surface area contributed by atoms with E-state index >= 15 is 0 Å². The number of urea groups is 2. The minimum atomic E-state index is -0.115. The van der Waals surface area contributed by atoms with Gasteiger partial charge in [-0.05, 0) is 56.0 Å². The number of hydrogen-bond donors (Lipinski definition) is 2. The van der Waals surface area contributed by atoms with Crippen LogP contribution in [0, 0.1) is 6.92 Å². The zero-order valence-corrected chi connectivity index (χ0v) is 17.2. The molecule has 2 atom stereocenters. The van der Waals surface area contributed by atoms with E-state index in [1.165, 1.54) is 0 Å². The molecule has 2 saturated heterocycles. The number of fused-ring (bicyclic) bond motifs is 1. The summed E-state index contributed by atoms with van der Waals surface area (Å²) in [4.78, 5) is 28.8. The lowest BCUT2D eigenvalue weighted by atomic mass is 9.99. The van der Waals surface area contributed by atoms with Crippen molar-refractivity contribution in [2.75, 3.05) is 18.4 Å². The number of aryl methyl sites for hydroxylation is 1. The maximum atomic E-state index is 12.8. The van der Waals surface area contributed by atoms with Crippen molar-refractivity contribution in [3.05, 3.63) is 54.1 Å². The molecule has 0 unspecified atom stereocenters. The Morgan fingerprint density at radius 1 is 1.14 bits per heavy atom. The minimum absolute atomic E-state index is 0.00838. The van der Waals surface area contributed by atoms with Gasteiger partial charge in [-0.1, -0.05) is 36.4 Å². The van der Waals surface area contributed by atoms with Crippen LogP contribution in [0.25, 0.3) is 11.1 Å². The van der Waals surface area contributed by atoms with Gasteiger partial charge in [0.25, 0.3) is 0 Å². The van der Waals surface area contributed by atoms with Gasteiger partial charge in [-0.2, -0.15) is 0 Å². The second-order valence-corrected chi connectivity index (χ2v) is 8.18. The van der Waals surface area contributed by atoms with E-state index in [2.05, 4.69) is 28.8 Å². The molecule has 152 valence electrons. The number of likely N-dealkylation sites (tertiary alicyclic amines) is 1. The van der Waals surface area contributed by atoms with Crippen molar-refractivity contribution in [3.8, 4) is 11.1 Å². The largest absolute Gasteiger partial charge is 0.331 e. The first kappa shape index (κ1) is 19.3. The van der Waals surface area contributed by atoms with Gasteiger partial charge in [-0.3, -0.25) is 0 Å². The number of benzene rings is 2. The van der Waals surface area contributed by atoms with Crippen molar-refractivity contribution in [1.82, 2.24) is 15.1 Å². The van der Waals surface area contributed by atoms with E-state index < -0.39 is 0 Å². The van der Waals surface area contributed by atoms with Gasteiger partial charge in [0, 0.05) is 24.8 Å². The Labute approximate surface area is 171 Å². The molecule has 0 aromatic heterocycles. The number of nitrogens with zero attached hydrogens (tertiary/aromatic N) is 2. The Kier molecular flexibility index (Phi) is 5.18. The van der Waals surface area contributed by atoms with Gasteiger partial charge < -0.3 is 20.4 Å². The van der Waals surface area contributed by atoms with Crippen LogP contribution in [0.2, 0.25) is 0 Å². The standard InChI is InChI=1S/C23H28N4O2/c1-15(2)27-21-11-12-26(14-20(21)25-23(27)29)22(28)24-19-10-9-18(13-16(19)3)17-7-5-4-6-8-17/h4-10,13,15,20-21H,11-12,14H2,1-3H3,(H,24,28)(H,25,29)/t20-,21+/m1/s1. The number of hydrogen-bond acceptors (Lipinski definition) is 2. The Bertz CT molecular complexity index is 912. The van der Waals surface area contributed by atoms with Crippen LogP contribution in [-0.4, -0.2) is 53.1 Å². The summed E-state index contributed by atoms with van der Waals surface area (Å²) in [6, 6.07) is 16.5. The van der Waals surface area contributed by atoms with Crippen LogP contribution in [0.4, 0.5) is 15.3 Å². The summed E-state index contributed by atoms with van der Waals surface area (Å²) < 4.78 is 0. The Morgan fingerprint density at radius 2 is 1.90 bits per heavy atom. The van der Waals surface area contributed by atoms with Gasteiger partial charge >= 0.3 is 12.1 Å². The maximum absolute atomic E-state index is 12.8. The molecule has 2 N–H and O–H groups in total. The lowest BCUT2D eigenvalue weighted by Crippen LogP contribution is -2.54. The van der Waals surface area contributed by atoms with E-state index in [0.29, 0.717) is 13.1 Å². The first-order valence-electron chi connectivity index (χ1n) is 10.2. The number of carbonyl (C=O) groups excluding carboxylic acids is 2. The molecule has 2 aromatic rings. The van der Waals surface area contributed by atoms with Gasteiger partial charge in [0.15, 0.2) is 0 Å². The van der Waals surface area contributed by atoms with E-state index in [0.717, 1.165) is 28.8 Å². The molecule has 4 rings (SSSR count). The number of rotatable bonds is 3. The maximum Gasteiger partial charge on any atom is 0.321 e. The first-order chi connectivity index (χ1) is 13.9. The highest BCUT2D eigenvalue weighted by Crippen LogP contribution is 2.27. The van der Waals surface area contributed by atoms with Gasteiger partial charge in [0.2, 0.25) is 0 Å². The number of piperidine rings is 1. The van der Waals surface area contributed by atoms with Crippen LogP contribution in [0.5, 0.6) is 0 Å². The predicted octanol–water partition coefficient (Wildman–Crippen LogP) is 4.07. The highest BCUT2D eigenvalue weighted by Gasteiger charge is 2.44. The normalized spacial score (nSPS) is 21.2. The summed E-state index contributed by atoms with van der Waals surface area (Å²) in [6.07, 6.45) is 0.793. The molecule has 0 radical (unpaired) electrons. The molecule has 6 nitrogen and oxygen atoms in total. The number of anilines is 1. The average molecular weight is 393 g/mol. The highest BCUT2D eigenvalue weighted by atomic mass is 16.2. The molecule has 2 fully saturated rings. The Morgan fingerprint density at radius 3 is 2.59 bits per heavy atom. The van der Waals surface area contributed by atoms with Crippen molar-refractivity contribution in [2.45, 2.75) is 45.3 Å². The molecular weight excluding hydrogens is 364 g/mol. The number of nitrogens with one attached hydrogen (secondary N) is 2. The smallest absolute Gasteiger partial charge is 0.321 e. The van der Waals surface area contributed by atoms with Crippen molar-refractivity contribution < 1.29 is 9.59 Å². The molecule has 2 aliphatic rings. The lowest BCUT2D eigenvalue weighted by molar-refractivity contribution is 0.138. The third-order valence-electron chi connectivity index (χ3n) is 5.90. The highest BCUT2D eigenvalue weighted by molar-refractivity contribution is 5.91. The van der Waals surface area contributed by atoms with Crippen molar-refractivity contribution in [3.63, 3.8) is 0 Å². The van der Waals surface area contributed by atoms with E-state index in [4.69, 9.17) is 0 Å². The van der Waals surface area contributed by atoms with E-state index in [9.17, 15) is 9.59 Å². The molecule has 2 aliphatic heterocycles. The second kappa shape index (κ2) is 7.78. The second-order valence-electron chi connectivity index (χ2n) is 8.18. The molecule has 29 heavy (non-hydrogen) atoms. The quantitative estimate of drug-likeness (QED) is 0.827. The molecule has 0 saturated carbocycles. The van der Waals surface area contributed by atoms with Crippen LogP contribution >= 0.6 is 0 Å². The fourth-order valence-electron chi connectivity index (χ4n) is 4.41. The zero-order chi connectivity index (χ0) is 20.5. The summed E-state index contributed by atoms with van der Waals surface area (Å²) in [5, 5.41) is 6.08. The van der Waals surface area contributed by atoms with Crippen molar-refractivity contribution in [2.24, 2.45) is 0 Å². The molecule has 2 heterocycles. The van der Waals surface area contributed by atoms with Gasteiger partial charge in [0.05, 0.1) is 12.1 Å². The van der Waals surface area contributed by atoms with Crippen molar-refractivity contribution in [1.29, 1.82) is 0 Å². The molecule has 0 spiro atoms. The number of amides is 4. The van der Waals surface area contributed by atoms with Crippen molar-refractivity contribution >= 4 is 17.7 Å². The van der Waals surface area contributed by atoms with Crippen LogP contribution in [0.3, 0.4) is 0 Å². The van der Waals surface area contributed by atoms with Crippen LogP contribution in [0.1, 0.15) is 25.8 Å². The van der Waals surface area contributed by atoms with E-state index in [1.54, 1.807) is 4.90 Å². The Hall–Kier alpha value is -3.02. The Balaban J connectivity index is 1.42. The summed E-state index contributed by atoms with van der Waals surface area (Å²) in [7, 11) is 0. The first-order valence-corrected chi connectivity index (χ1v) is 10.2. The average Bonchev–Trinajstić information content (AvgIpc) is 3.05. The fraction of sp³-hybridized carbons (Fsp3) is 0.391. The lowest BCUT2D eigenvalue weighted by Gasteiger charge is -2.37. The van der Waals surface area contributed by atoms with Gasteiger partial charge in [-0.25, -0.2) is 9.59 Å². The van der Waals surface area contributed by atoms with E-state index in [1.807, 2.05) is 56.0 Å². The molecular formula is C23H28N4O2. The molecule has 2 aromatic carbocycles. The third kappa shape index (κ3) is 3.79. The third-order valence-corrected chi connectivity index (χ3v) is 5.90. The monoisotopic (exact) mass is 392 g/mol. The number of carbonyl (C=O) groups is 2. The van der Waals surface area contributed by atoms with Crippen LogP contribution in [0.15, 0.2) is 48.5 Å². The minimum Gasteiger partial charge on any atom is -0.331 e. The van der Waals surface area contributed by atoms with Gasteiger partial charge in [0.1, 0.15) is 0 Å². The fourth-order valence-corrected chi connectivity index (χ4v) is 4.41. The predicted molar refractivity (Wildman–Crippen MR) is 115 cm³/mol. The molecule has 0 bridgehead atoms. The SMILES string of the molecule is Cc1cc(-c2ccccc2)ccc1NC(=O)N1CC[C@H]2[C@@H](C1)NC(=O)N2C(C)C. The van der Waals surface area contributed by atoms with Crippen LogP contribution in [-0.2, 0) is 0 Å². The van der Waals surface area contributed by atoms with Crippen LogP contribution < -0.4 is 10.6 Å². The summed E-state index contributed by atoms with van der Waals surface area (Å²) in [6.45, 7) is 7.25. The topological polar surface area (TPSA) is 64.7 Å². The molecule has 4 amide bonds. The summed E-state index contributed by atoms with van der Waals surface area (Å²) in [5.41, 5.74) is 4.12. The van der Waals surface area contributed by atoms with E-state index in [-0.39, 0.29) is 30.2 Å². The molecule has 6 heteroatoms. The summed E-state index contributed by atoms with van der Waals surface area (Å²) >= 11 is 0.